The van der Waals surface area contributed by atoms with Gasteiger partial charge in [-0.3, -0.25) is 9.44 Å². The molecule has 2 N–H and O–H groups in total. The quantitative estimate of drug-likeness (QED) is 0.491. The molecule has 0 saturated carbocycles. The molecule has 3 aromatic rings. The molecule has 0 unspecified atom stereocenters. The molecule has 0 amide bonds. The fraction of sp³-hybridized carbons (Fsp3) is 0.143. The molecule has 0 fully saturated rings. The van der Waals surface area contributed by atoms with Gasteiger partial charge in [-0.15, -0.1) is 0 Å². The van der Waals surface area contributed by atoms with Crippen LogP contribution in [0.25, 0.3) is 0 Å². The maximum absolute atomic E-state index is 12.8. The van der Waals surface area contributed by atoms with Crippen LogP contribution in [0, 0.1) is 20.8 Å². The van der Waals surface area contributed by atoms with Crippen LogP contribution in [0.3, 0.4) is 0 Å². The van der Waals surface area contributed by atoms with Crippen LogP contribution in [0.5, 0.6) is 0 Å². The van der Waals surface area contributed by atoms with E-state index in [1.165, 1.54) is 24.3 Å². The molecule has 9 heteroatoms. The Morgan fingerprint density at radius 3 is 1.27 bits per heavy atom. The topological polar surface area (TPSA) is 92.3 Å². The fourth-order valence-electron chi connectivity index (χ4n) is 2.76. The number of halogens is 1. The molecule has 0 heterocycles. The minimum atomic E-state index is -3.84. The molecule has 6 nitrogen and oxygen atoms in total. The van der Waals surface area contributed by atoms with Gasteiger partial charge in [0, 0.05) is 0 Å². The standard InChI is InChI=1S/C21H21BrN2O4S2/c1-14-4-8-17(9-5-14)29(25,26)23-19-12-16(3)13-20(21(19)22)24-30(27,28)18-10-6-15(2)7-11-18/h4-13,23-24H,1-3H3. The van der Waals surface area contributed by atoms with Crippen molar-refractivity contribution in [3.05, 3.63) is 81.8 Å². The number of rotatable bonds is 6. The molecule has 0 aliphatic rings. The van der Waals surface area contributed by atoms with E-state index in [9.17, 15) is 16.8 Å². The lowest BCUT2D eigenvalue weighted by atomic mass is 10.2. The lowest BCUT2D eigenvalue weighted by Crippen LogP contribution is -2.16. The van der Waals surface area contributed by atoms with Gasteiger partial charge in [0.1, 0.15) is 0 Å². The molecule has 0 saturated heterocycles. The van der Waals surface area contributed by atoms with E-state index in [0.717, 1.165) is 11.1 Å². The van der Waals surface area contributed by atoms with Gasteiger partial charge in [-0.2, -0.15) is 0 Å². The third kappa shape index (κ3) is 5.03. The van der Waals surface area contributed by atoms with Crippen molar-refractivity contribution in [2.24, 2.45) is 0 Å². The van der Waals surface area contributed by atoms with Gasteiger partial charge >= 0.3 is 0 Å². The van der Waals surface area contributed by atoms with Crippen molar-refractivity contribution in [2.45, 2.75) is 30.6 Å². The number of sulfonamides is 2. The van der Waals surface area contributed by atoms with Gasteiger partial charge < -0.3 is 0 Å². The summed E-state index contributed by atoms with van der Waals surface area (Å²) < 4.78 is 56.4. The van der Waals surface area contributed by atoms with E-state index in [1.54, 1.807) is 43.3 Å². The van der Waals surface area contributed by atoms with Crippen LogP contribution < -0.4 is 9.44 Å². The second-order valence-electron chi connectivity index (χ2n) is 7.01. The van der Waals surface area contributed by atoms with E-state index in [-0.39, 0.29) is 21.2 Å². The molecule has 0 spiro atoms. The van der Waals surface area contributed by atoms with E-state index in [0.29, 0.717) is 10.0 Å². The molecule has 30 heavy (non-hydrogen) atoms. The van der Waals surface area contributed by atoms with Crippen molar-refractivity contribution in [2.75, 3.05) is 9.44 Å². The van der Waals surface area contributed by atoms with Crippen LogP contribution in [0.2, 0.25) is 0 Å². The van der Waals surface area contributed by atoms with Crippen LogP contribution in [-0.4, -0.2) is 16.8 Å². The lowest BCUT2D eigenvalue weighted by Gasteiger charge is -2.16. The summed E-state index contributed by atoms with van der Waals surface area (Å²) in [6.45, 7) is 5.49. The maximum Gasteiger partial charge on any atom is 0.261 e. The van der Waals surface area contributed by atoms with Gasteiger partial charge in [0.25, 0.3) is 20.0 Å². The summed E-state index contributed by atoms with van der Waals surface area (Å²) in [5.41, 5.74) is 3.03. The van der Waals surface area contributed by atoms with Crippen molar-refractivity contribution in [3.63, 3.8) is 0 Å². The summed E-state index contributed by atoms with van der Waals surface area (Å²) >= 11 is 3.34. The zero-order valence-corrected chi connectivity index (χ0v) is 19.8. The Morgan fingerprint density at radius 1 is 0.600 bits per heavy atom. The average molecular weight is 509 g/mol. The molecule has 0 aliphatic heterocycles. The molecule has 3 rings (SSSR count). The summed E-state index contributed by atoms with van der Waals surface area (Å²) in [7, 11) is -7.69. The first-order valence-electron chi connectivity index (χ1n) is 8.97. The summed E-state index contributed by atoms with van der Waals surface area (Å²) in [6, 6.07) is 16.2. The van der Waals surface area contributed by atoms with Gasteiger partial charge in [0.2, 0.25) is 0 Å². The van der Waals surface area contributed by atoms with Crippen molar-refractivity contribution >= 4 is 47.4 Å². The summed E-state index contributed by atoms with van der Waals surface area (Å²) in [5, 5.41) is 0. The minimum absolute atomic E-state index is 0.114. The SMILES string of the molecule is Cc1ccc(S(=O)(=O)Nc2cc(C)cc(NS(=O)(=O)c3ccc(C)cc3)c2Br)cc1. The summed E-state index contributed by atoms with van der Waals surface area (Å²) in [6.07, 6.45) is 0. The highest BCUT2D eigenvalue weighted by molar-refractivity contribution is 9.10. The molecular weight excluding hydrogens is 488 g/mol. The monoisotopic (exact) mass is 508 g/mol. The minimum Gasteiger partial charge on any atom is -0.278 e. The highest BCUT2D eigenvalue weighted by atomic mass is 79.9. The molecule has 0 aliphatic carbocycles. The molecule has 3 aromatic carbocycles. The van der Waals surface area contributed by atoms with E-state index in [1.807, 2.05) is 13.8 Å². The third-order valence-corrected chi connectivity index (χ3v) is 7.99. The number of aryl methyl sites for hydroxylation is 3. The number of benzene rings is 3. The van der Waals surface area contributed by atoms with Crippen molar-refractivity contribution < 1.29 is 16.8 Å². The molecule has 158 valence electrons. The second kappa shape index (κ2) is 8.41. The molecule has 0 radical (unpaired) electrons. The zero-order valence-electron chi connectivity index (χ0n) is 16.6. The lowest BCUT2D eigenvalue weighted by molar-refractivity contribution is 0.599. The summed E-state index contributed by atoms with van der Waals surface area (Å²) in [4.78, 5) is 0.228. The normalized spacial score (nSPS) is 11.9. The number of nitrogens with one attached hydrogen (secondary N) is 2. The largest absolute Gasteiger partial charge is 0.278 e. The maximum atomic E-state index is 12.8. The Kier molecular flexibility index (Phi) is 6.26. The van der Waals surface area contributed by atoms with Gasteiger partial charge in [0.05, 0.1) is 25.6 Å². The third-order valence-electron chi connectivity index (χ3n) is 4.37. The number of hydrogen-bond donors (Lipinski definition) is 2. The van der Waals surface area contributed by atoms with Crippen molar-refractivity contribution in [3.8, 4) is 0 Å². The zero-order chi connectivity index (χ0) is 22.1. The molecule has 0 bridgehead atoms. The Morgan fingerprint density at radius 2 is 0.933 bits per heavy atom. The average Bonchev–Trinajstić information content (AvgIpc) is 2.65. The fourth-order valence-corrected chi connectivity index (χ4v) is 5.57. The van der Waals surface area contributed by atoms with Gasteiger partial charge in [0.15, 0.2) is 0 Å². The van der Waals surface area contributed by atoms with Crippen LogP contribution >= 0.6 is 15.9 Å². The Labute approximate surface area is 185 Å². The number of anilines is 2. The highest BCUT2D eigenvalue weighted by Crippen LogP contribution is 2.35. The predicted molar refractivity (Wildman–Crippen MR) is 123 cm³/mol. The summed E-state index contributed by atoms with van der Waals surface area (Å²) in [5.74, 6) is 0. The van der Waals surface area contributed by atoms with Gasteiger partial charge in [-0.25, -0.2) is 16.8 Å². The van der Waals surface area contributed by atoms with Crippen LogP contribution in [0.15, 0.2) is 74.9 Å². The van der Waals surface area contributed by atoms with Crippen LogP contribution in [0.1, 0.15) is 16.7 Å². The molecule has 0 aromatic heterocycles. The van der Waals surface area contributed by atoms with E-state index >= 15 is 0 Å². The van der Waals surface area contributed by atoms with Crippen molar-refractivity contribution in [1.29, 1.82) is 0 Å². The van der Waals surface area contributed by atoms with E-state index in [4.69, 9.17) is 0 Å². The first-order valence-corrected chi connectivity index (χ1v) is 12.7. The van der Waals surface area contributed by atoms with Crippen LogP contribution in [-0.2, 0) is 20.0 Å². The van der Waals surface area contributed by atoms with E-state index in [2.05, 4.69) is 25.4 Å². The highest BCUT2D eigenvalue weighted by Gasteiger charge is 2.20. The van der Waals surface area contributed by atoms with E-state index < -0.39 is 20.0 Å². The van der Waals surface area contributed by atoms with Crippen LogP contribution in [0.4, 0.5) is 11.4 Å². The molecule has 0 atom stereocenters. The van der Waals surface area contributed by atoms with Crippen molar-refractivity contribution in [1.82, 2.24) is 0 Å². The smallest absolute Gasteiger partial charge is 0.261 e. The second-order valence-corrected chi connectivity index (χ2v) is 11.2. The predicted octanol–water partition coefficient (Wildman–Crippen LogP) is 4.98. The first kappa shape index (κ1) is 22.3. The van der Waals surface area contributed by atoms with Gasteiger partial charge in [-0.1, -0.05) is 35.4 Å². The number of hydrogen-bond acceptors (Lipinski definition) is 4. The van der Waals surface area contributed by atoms with Gasteiger partial charge in [-0.05, 0) is 78.7 Å². The Hall–Kier alpha value is -2.36. The Balaban J connectivity index is 1.95. The molecular formula is C21H21BrN2O4S2. The first-order chi connectivity index (χ1) is 14.0. The Bertz CT molecular complexity index is 1190.